The summed E-state index contributed by atoms with van der Waals surface area (Å²) in [7, 11) is 0. The number of benzene rings is 1. The van der Waals surface area contributed by atoms with Crippen LogP contribution in [0.4, 0.5) is 5.69 Å². The highest BCUT2D eigenvalue weighted by molar-refractivity contribution is 5.84. The van der Waals surface area contributed by atoms with Crippen molar-refractivity contribution in [1.29, 1.82) is 0 Å². The van der Waals surface area contributed by atoms with Gasteiger partial charge in [0.15, 0.2) is 0 Å². The summed E-state index contributed by atoms with van der Waals surface area (Å²) in [5.41, 5.74) is 4.51. The van der Waals surface area contributed by atoms with Crippen molar-refractivity contribution in [2.75, 3.05) is 5.32 Å². The summed E-state index contributed by atoms with van der Waals surface area (Å²) < 4.78 is 0. The van der Waals surface area contributed by atoms with Gasteiger partial charge in [-0.15, -0.1) is 0 Å². The molecule has 0 unspecified atom stereocenters. The Balaban J connectivity index is 2.55. The fourth-order valence-corrected chi connectivity index (χ4v) is 2.36. The van der Waals surface area contributed by atoms with Crippen molar-refractivity contribution in [3.05, 3.63) is 49.3 Å². The first kappa shape index (κ1) is 14.5. The number of hydrogen-bond acceptors (Lipinski definition) is 3. The lowest BCUT2D eigenvalue weighted by molar-refractivity contribution is 0.762. The van der Waals surface area contributed by atoms with Gasteiger partial charge in [-0.25, -0.2) is 0 Å². The first-order valence-electron chi connectivity index (χ1n) is 7.04. The highest BCUT2D eigenvalue weighted by Gasteiger charge is 2.24. The van der Waals surface area contributed by atoms with Crippen LogP contribution >= 0.6 is 0 Å². The highest BCUT2D eigenvalue weighted by atomic mass is 16.2. The number of anilines is 1. The van der Waals surface area contributed by atoms with E-state index in [1.54, 1.807) is 0 Å². The van der Waals surface area contributed by atoms with Crippen LogP contribution in [0.5, 0.6) is 0 Å². The zero-order valence-corrected chi connectivity index (χ0v) is 12.8. The van der Waals surface area contributed by atoms with Gasteiger partial charge < -0.3 is 5.32 Å². The maximum atomic E-state index is 11.9. The molecular weight excluding hydrogens is 250 g/mol. The summed E-state index contributed by atoms with van der Waals surface area (Å²) in [4.78, 5) is 23.7. The molecule has 3 nitrogen and oxygen atoms in total. The average Bonchev–Trinajstić information content (AvgIpc) is 2.42. The molecule has 0 bridgehead atoms. The summed E-state index contributed by atoms with van der Waals surface area (Å²) in [6.45, 7) is 10.1. The van der Waals surface area contributed by atoms with E-state index < -0.39 is 5.43 Å². The predicted molar refractivity (Wildman–Crippen MR) is 84.4 cm³/mol. The van der Waals surface area contributed by atoms with Crippen molar-refractivity contribution < 1.29 is 0 Å². The smallest absolute Gasteiger partial charge is 0.250 e. The molecule has 3 heteroatoms. The van der Waals surface area contributed by atoms with Gasteiger partial charge in [0.1, 0.15) is 0 Å². The molecule has 0 fully saturated rings. The molecule has 0 aliphatic carbocycles. The normalized spacial score (nSPS) is 12.7. The van der Waals surface area contributed by atoms with E-state index in [0.717, 1.165) is 23.1 Å². The molecule has 0 saturated heterocycles. The van der Waals surface area contributed by atoms with E-state index in [4.69, 9.17) is 0 Å². The summed E-state index contributed by atoms with van der Waals surface area (Å²) in [6, 6.07) is 4.25. The Morgan fingerprint density at radius 3 is 2.20 bits per heavy atom. The van der Waals surface area contributed by atoms with Gasteiger partial charge in [-0.2, -0.15) is 0 Å². The van der Waals surface area contributed by atoms with Crippen molar-refractivity contribution >= 4 is 5.69 Å². The van der Waals surface area contributed by atoms with E-state index in [9.17, 15) is 9.59 Å². The van der Waals surface area contributed by atoms with Crippen LogP contribution in [-0.2, 0) is 0 Å². The molecule has 106 valence electrons. The second-order valence-electron chi connectivity index (χ2n) is 5.61. The average molecular weight is 271 g/mol. The quantitative estimate of drug-likeness (QED) is 0.869. The lowest BCUT2D eigenvalue weighted by Gasteiger charge is -2.19. The number of rotatable bonds is 4. The molecule has 0 aliphatic rings. The summed E-state index contributed by atoms with van der Waals surface area (Å²) in [5.74, 6) is 0. The van der Waals surface area contributed by atoms with Gasteiger partial charge in [-0.1, -0.05) is 19.1 Å². The molecule has 2 rings (SSSR count). The third kappa shape index (κ3) is 2.28. The van der Waals surface area contributed by atoms with Crippen LogP contribution in [0.25, 0.3) is 11.1 Å². The molecule has 2 aromatic carbocycles. The molecule has 0 saturated carbocycles. The van der Waals surface area contributed by atoms with E-state index in [2.05, 4.69) is 11.4 Å². The molecule has 1 N–H and O–H groups in total. The van der Waals surface area contributed by atoms with Crippen LogP contribution < -0.4 is 16.2 Å². The summed E-state index contributed by atoms with van der Waals surface area (Å²) in [5, 5.41) is 3.17. The Labute approximate surface area is 119 Å². The number of aryl methyl sites for hydroxylation is 3. The van der Waals surface area contributed by atoms with Gasteiger partial charge in [-0.05, 0) is 56.4 Å². The monoisotopic (exact) mass is 271 g/mol. The van der Waals surface area contributed by atoms with Crippen molar-refractivity contribution in [3.8, 4) is 11.1 Å². The van der Waals surface area contributed by atoms with Gasteiger partial charge in [-0.3, -0.25) is 9.59 Å². The van der Waals surface area contributed by atoms with Crippen molar-refractivity contribution in [2.24, 2.45) is 0 Å². The molecule has 2 aromatic rings. The minimum absolute atomic E-state index is 0.184. The van der Waals surface area contributed by atoms with E-state index in [0.29, 0.717) is 11.3 Å². The predicted octanol–water partition coefficient (Wildman–Crippen LogP) is 3.09. The first-order chi connectivity index (χ1) is 9.36. The molecular formula is C17H21NO2. The van der Waals surface area contributed by atoms with Gasteiger partial charge in [0.2, 0.25) is 10.9 Å². The van der Waals surface area contributed by atoms with Crippen LogP contribution in [0.2, 0.25) is 0 Å². The Morgan fingerprint density at radius 2 is 1.60 bits per heavy atom. The Kier molecular flexibility index (Phi) is 3.80. The van der Waals surface area contributed by atoms with Crippen LogP contribution in [0, 0.1) is 20.8 Å². The van der Waals surface area contributed by atoms with Crippen molar-refractivity contribution in [1.82, 2.24) is 0 Å². The second kappa shape index (κ2) is 5.23. The SMILES string of the molecule is CC[C@@H](C)Nc1c(-c2cc(C)c(C)cc2C)c(=O)c1=O. The Morgan fingerprint density at radius 1 is 1.00 bits per heavy atom. The molecule has 20 heavy (non-hydrogen) atoms. The molecule has 0 radical (unpaired) electrons. The summed E-state index contributed by atoms with van der Waals surface area (Å²) in [6.07, 6.45) is 0.907. The Bertz CT molecular complexity index is 721. The highest BCUT2D eigenvalue weighted by Crippen LogP contribution is 2.29. The van der Waals surface area contributed by atoms with E-state index in [1.165, 1.54) is 5.56 Å². The molecule has 0 aromatic heterocycles. The standard InChI is InChI=1S/C17H21NO2/c1-6-12(5)18-15-14(16(19)17(15)20)13-8-10(3)9(2)7-11(13)4/h7-8,12,18H,6H2,1-5H3/t12-/m1/s1. The van der Waals surface area contributed by atoms with E-state index in [-0.39, 0.29) is 11.5 Å². The maximum Gasteiger partial charge on any atom is 0.250 e. The molecule has 0 spiro atoms. The van der Waals surface area contributed by atoms with Crippen molar-refractivity contribution in [3.63, 3.8) is 0 Å². The summed E-state index contributed by atoms with van der Waals surface area (Å²) >= 11 is 0. The van der Waals surface area contributed by atoms with Gasteiger partial charge in [0, 0.05) is 6.04 Å². The number of nitrogens with one attached hydrogen (secondary N) is 1. The molecule has 0 aliphatic heterocycles. The third-order valence-electron chi connectivity index (χ3n) is 4.02. The number of hydrogen-bond donors (Lipinski definition) is 1. The van der Waals surface area contributed by atoms with Gasteiger partial charge >= 0.3 is 0 Å². The topological polar surface area (TPSA) is 46.2 Å². The fraction of sp³-hybridized carbons (Fsp3) is 0.412. The lowest BCUT2D eigenvalue weighted by Crippen LogP contribution is -2.38. The van der Waals surface area contributed by atoms with Gasteiger partial charge in [0.05, 0.1) is 11.3 Å². The molecule has 0 amide bonds. The van der Waals surface area contributed by atoms with Crippen molar-refractivity contribution in [2.45, 2.75) is 47.1 Å². The zero-order chi connectivity index (χ0) is 15.0. The maximum absolute atomic E-state index is 11.9. The van der Waals surface area contributed by atoms with Crippen LogP contribution in [0.1, 0.15) is 37.0 Å². The zero-order valence-electron chi connectivity index (χ0n) is 12.8. The van der Waals surface area contributed by atoms with Crippen LogP contribution in [0.3, 0.4) is 0 Å². The lowest BCUT2D eigenvalue weighted by atomic mass is 9.91. The largest absolute Gasteiger partial charge is 0.379 e. The third-order valence-corrected chi connectivity index (χ3v) is 4.02. The van der Waals surface area contributed by atoms with E-state index in [1.807, 2.05) is 40.7 Å². The Hall–Kier alpha value is -1.90. The first-order valence-corrected chi connectivity index (χ1v) is 7.04. The molecule has 1 atom stereocenters. The molecule has 0 heterocycles. The second-order valence-corrected chi connectivity index (χ2v) is 5.61. The van der Waals surface area contributed by atoms with Crippen LogP contribution in [0.15, 0.2) is 21.7 Å². The van der Waals surface area contributed by atoms with E-state index >= 15 is 0 Å². The van der Waals surface area contributed by atoms with Crippen LogP contribution in [-0.4, -0.2) is 6.04 Å². The van der Waals surface area contributed by atoms with Gasteiger partial charge in [0.25, 0.3) is 0 Å². The fourth-order valence-electron chi connectivity index (χ4n) is 2.36. The minimum Gasteiger partial charge on any atom is -0.379 e. The minimum atomic E-state index is -0.391.